The third-order valence-electron chi connectivity index (χ3n) is 12.1. The minimum absolute atomic E-state index is 0.0160. The van der Waals surface area contributed by atoms with Gasteiger partial charge in [-0.2, -0.15) is 10.2 Å². The number of hydrogen-bond donors (Lipinski definition) is 4. The molecule has 54 heavy (non-hydrogen) atoms. The maximum absolute atomic E-state index is 12.8. The smallest absolute Gasteiger partial charge is 0.339 e. The minimum atomic E-state index is -1.28. The highest BCUT2D eigenvalue weighted by Crippen LogP contribution is 2.67. The fourth-order valence-electron chi connectivity index (χ4n) is 9.41. The molecule has 6 atom stereocenters. The van der Waals surface area contributed by atoms with Gasteiger partial charge in [-0.25, -0.2) is 4.79 Å². The van der Waals surface area contributed by atoms with E-state index in [9.17, 15) is 33.9 Å². The molecule has 0 unspecified atom stereocenters. The van der Waals surface area contributed by atoms with Crippen LogP contribution in [0.25, 0.3) is 0 Å². The Labute approximate surface area is 313 Å². The van der Waals surface area contributed by atoms with E-state index in [1.807, 2.05) is 6.08 Å². The molecule has 4 N–H and O–H groups in total. The van der Waals surface area contributed by atoms with Gasteiger partial charge in [-0.15, -0.1) is 0 Å². The molecule has 2 aromatic carbocycles. The van der Waals surface area contributed by atoms with Gasteiger partial charge in [0.25, 0.3) is 5.91 Å². The molecule has 13 heteroatoms. The highest BCUT2D eigenvalue weighted by atomic mass is 16.6. The van der Waals surface area contributed by atoms with Gasteiger partial charge in [0.2, 0.25) is 0 Å². The zero-order valence-corrected chi connectivity index (χ0v) is 31.2. The van der Waals surface area contributed by atoms with E-state index in [2.05, 4.69) is 42.4 Å². The van der Waals surface area contributed by atoms with E-state index < -0.39 is 23.4 Å². The normalized spacial score (nSPS) is 28.2. The van der Waals surface area contributed by atoms with E-state index in [1.54, 1.807) is 6.92 Å². The molecule has 4 aliphatic rings. The van der Waals surface area contributed by atoms with E-state index in [1.165, 1.54) is 60.5 Å². The number of nitrogens with one attached hydrogen (secondary N) is 1. The first-order valence-corrected chi connectivity index (χ1v) is 18.1. The highest BCUT2D eigenvalue weighted by Gasteiger charge is 2.67. The summed E-state index contributed by atoms with van der Waals surface area (Å²) in [7, 11) is 0. The molecule has 0 aromatic heterocycles. The number of carboxylic acids is 2. The maximum Gasteiger partial charge on any atom is 0.339 e. The standard InChI is InChI=1S/C24H32O4.C17H15N3O6/c1-14-12-18-19(22(4)9-6-17(27)13-21(14)22)7-10-23(5)20(18)8-11-24(23,15(2)25)28-16(3)26;21-14-6-5-12(9-13(14)17(25)26)20-19-11-3-1-10(2-4-11)16(24)18-8-7-15(22)23/h12-13,18-20H,6-11H2,1-5H3;1-6,9,21H,7-8H2,(H,18,24)(H,22,23)(H,25,26)/t18-,19+,20+,22-,23+,24+;/m1./s1. The van der Waals surface area contributed by atoms with Crippen molar-refractivity contribution in [2.45, 2.75) is 85.2 Å². The van der Waals surface area contributed by atoms with Gasteiger partial charge >= 0.3 is 17.9 Å². The molecular formula is C41H47N3O10. The summed E-state index contributed by atoms with van der Waals surface area (Å²) in [6.45, 7) is 9.66. The fourth-order valence-corrected chi connectivity index (χ4v) is 9.41. The predicted octanol–water partition coefficient (Wildman–Crippen LogP) is 7.29. The third kappa shape index (κ3) is 7.62. The van der Waals surface area contributed by atoms with Crippen molar-refractivity contribution in [3.63, 3.8) is 0 Å². The Morgan fingerprint density at radius 3 is 2.19 bits per heavy atom. The van der Waals surface area contributed by atoms with E-state index in [0.29, 0.717) is 41.8 Å². The molecule has 286 valence electrons. The lowest BCUT2D eigenvalue weighted by Gasteiger charge is -2.58. The van der Waals surface area contributed by atoms with Gasteiger partial charge in [0, 0.05) is 30.9 Å². The Hall–Kier alpha value is -5.46. The van der Waals surface area contributed by atoms with E-state index >= 15 is 0 Å². The Kier molecular flexibility index (Phi) is 11.4. The number of ketones is 2. The molecule has 0 bridgehead atoms. The lowest BCUT2D eigenvalue weighted by molar-refractivity contribution is -0.185. The van der Waals surface area contributed by atoms with E-state index in [0.717, 1.165) is 25.7 Å². The molecule has 0 radical (unpaired) electrons. The summed E-state index contributed by atoms with van der Waals surface area (Å²) in [4.78, 5) is 69.9. The number of nitrogens with zero attached hydrogens (tertiary/aromatic N) is 2. The number of allylic oxidation sites excluding steroid dienone is 4. The average molecular weight is 742 g/mol. The van der Waals surface area contributed by atoms with Crippen LogP contribution < -0.4 is 5.32 Å². The summed E-state index contributed by atoms with van der Waals surface area (Å²) >= 11 is 0. The molecule has 6 rings (SSSR count). The number of aromatic carboxylic acids is 1. The summed E-state index contributed by atoms with van der Waals surface area (Å²) in [6, 6.07) is 9.89. The number of azo groups is 1. The number of aliphatic carboxylic acids is 1. The summed E-state index contributed by atoms with van der Waals surface area (Å²) in [6.07, 6.45) is 9.03. The first-order valence-electron chi connectivity index (χ1n) is 18.1. The summed E-state index contributed by atoms with van der Waals surface area (Å²) < 4.78 is 5.82. The van der Waals surface area contributed by atoms with Crippen LogP contribution in [-0.4, -0.2) is 62.8 Å². The SMILES string of the molecule is CC(=O)O[C@]1(C(C)=O)CC[C@H]2[C@@H]3C=C(C)C4=CC(=O)CC[C@]4(C)[C@H]3CC[C@@]21C.O=C(O)CCNC(=O)c1ccc(N=Nc2ccc(O)c(C(=O)O)c2)cc1. The van der Waals surface area contributed by atoms with Crippen molar-refractivity contribution >= 4 is 46.8 Å². The van der Waals surface area contributed by atoms with Gasteiger partial charge < -0.3 is 25.4 Å². The molecule has 4 aliphatic carbocycles. The second kappa shape index (κ2) is 15.5. The molecule has 0 saturated heterocycles. The van der Waals surface area contributed by atoms with Crippen LogP contribution in [0.2, 0.25) is 0 Å². The van der Waals surface area contributed by atoms with Gasteiger partial charge in [-0.1, -0.05) is 25.5 Å². The van der Waals surface area contributed by atoms with Gasteiger partial charge in [-0.05, 0) is 123 Å². The van der Waals surface area contributed by atoms with Crippen molar-refractivity contribution in [2.24, 2.45) is 38.8 Å². The quantitative estimate of drug-likeness (QED) is 0.149. The van der Waals surface area contributed by atoms with Gasteiger partial charge in [-0.3, -0.25) is 24.0 Å². The largest absolute Gasteiger partial charge is 0.507 e. The van der Waals surface area contributed by atoms with Gasteiger partial charge in [0.15, 0.2) is 17.2 Å². The van der Waals surface area contributed by atoms with Crippen LogP contribution in [0, 0.1) is 28.6 Å². The van der Waals surface area contributed by atoms with Crippen LogP contribution in [0.4, 0.5) is 11.4 Å². The van der Waals surface area contributed by atoms with Gasteiger partial charge in [0.1, 0.15) is 11.3 Å². The topological polar surface area (TPSA) is 209 Å². The van der Waals surface area contributed by atoms with Crippen molar-refractivity contribution in [1.29, 1.82) is 0 Å². The van der Waals surface area contributed by atoms with E-state index in [-0.39, 0.29) is 58.3 Å². The Morgan fingerprint density at radius 2 is 1.56 bits per heavy atom. The summed E-state index contributed by atoms with van der Waals surface area (Å²) in [5.41, 5.74) is 1.88. The summed E-state index contributed by atoms with van der Waals surface area (Å²) in [5, 5.41) is 37.2. The van der Waals surface area contributed by atoms with Crippen LogP contribution in [0.5, 0.6) is 5.75 Å². The molecule has 0 spiro atoms. The number of rotatable bonds is 9. The Bertz CT molecular complexity index is 1970. The maximum atomic E-state index is 12.8. The number of aromatic hydroxyl groups is 1. The fraction of sp³-hybridized carbons (Fsp3) is 0.463. The third-order valence-corrected chi connectivity index (χ3v) is 12.1. The number of ether oxygens (including phenoxy) is 1. The average Bonchev–Trinajstić information content (AvgIpc) is 3.41. The monoisotopic (exact) mass is 741 g/mol. The van der Waals surface area contributed by atoms with Crippen molar-refractivity contribution in [1.82, 2.24) is 5.32 Å². The van der Waals surface area contributed by atoms with E-state index in [4.69, 9.17) is 14.9 Å². The van der Waals surface area contributed by atoms with Crippen molar-refractivity contribution in [2.75, 3.05) is 6.54 Å². The van der Waals surface area contributed by atoms with Crippen LogP contribution in [0.1, 0.15) is 100 Å². The molecule has 0 aliphatic heterocycles. The summed E-state index contributed by atoms with van der Waals surface area (Å²) in [5.74, 6) is -2.02. The molecule has 13 nitrogen and oxygen atoms in total. The van der Waals surface area contributed by atoms with Crippen LogP contribution >= 0.6 is 0 Å². The van der Waals surface area contributed by atoms with Crippen LogP contribution in [0.15, 0.2) is 76.0 Å². The van der Waals surface area contributed by atoms with Crippen molar-refractivity contribution in [3.8, 4) is 5.75 Å². The first kappa shape index (κ1) is 39.7. The number of carboxylic acid groups (broad SMARTS) is 2. The van der Waals surface area contributed by atoms with Gasteiger partial charge in [0.05, 0.1) is 17.8 Å². The number of hydrogen-bond acceptors (Lipinski definition) is 10. The number of phenols is 1. The van der Waals surface area contributed by atoms with Crippen LogP contribution in [-0.2, 0) is 23.9 Å². The number of fused-ring (bicyclic) bond motifs is 5. The Morgan fingerprint density at radius 1 is 0.907 bits per heavy atom. The van der Waals surface area contributed by atoms with Crippen LogP contribution in [0.3, 0.4) is 0 Å². The molecule has 0 heterocycles. The highest BCUT2D eigenvalue weighted by molar-refractivity contribution is 5.95. The number of esters is 1. The molecule has 2 aromatic rings. The van der Waals surface area contributed by atoms with Crippen molar-refractivity contribution in [3.05, 3.63) is 76.9 Å². The molecule has 1 amide bonds. The minimum Gasteiger partial charge on any atom is -0.507 e. The van der Waals surface area contributed by atoms with Crippen molar-refractivity contribution < 1.29 is 48.8 Å². The zero-order chi connectivity index (χ0) is 39.6. The molecule has 2 fully saturated rings. The second-order valence-electron chi connectivity index (χ2n) is 15.2. The predicted molar refractivity (Wildman–Crippen MR) is 197 cm³/mol. The lowest BCUT2D eigenvalue weighted by Crippen LogP contribution is -2.58. The molecular weight excluding hydrogens is 694 g/mol. The number of carbonyl (C=O) groups excluding carboxylic acids is 4. The molecule has 2 saturated carbocycles. The first-order chi connectivity index (χ1) is 25.4. The number of benzene rings is 2. The second-order valence-corrected chi connectivity index (χ2v) is 15.2. The zero-order valence-electron chi connectivity index (χ0n) is 31.2. The number of carbonyl (C=O) groups is 6. The Balaban J connectivity index is 0.000000208. The lowest BCUT2D eigenvalue weighted by atomic mass is 9.47. The number of Topliss-reactive ketones (excluding diaryl/α,β-unsaturated/α-hetero) is 1. The number of amides is 1.